The van der Waals surface area contributed by atoms with Crippen molar-refractivity contribution in [3.63, 3.8) is 0 Å². The van der Waals surface area contributed by atoms with Crippen LogP contribution < -0.4 is 5.46 Å². The van der Waals surface area contributed by atoms with Crippen molar-refractivity contribution in [2.24, 2.45) is 5.92 Å². The van der Waals surface area contributed by atoms with Crippen molar-refractivity contribution in [3.05, 3.63) is 30.0 Å². The summed E-state index contributed by atoms with van der Waals surface area (Å²) in [5, 5.41) is 11.4. The largest absolute Gasteiger partial charge is 0.443 e. The van der Waals surface area contributed by atoms with Crippen LogP contribution >= 0.6 is 0 Å². The molecule has 3 heterocycles. The molecule has 19 heavy (non-hydrogen) atoms. The Bertz CT molecular complexity index is 655. The third-order valence-electron chi connectivity index (χ3n) is 4.61. The number of rotatable bonds is 1. The van der Waals surface area contributed by atoms with Gasteiger partial charge in [0, 0.05) is 17.8 Å². The fourth-order valence-electron chi connectivity index (χ4n) is 3.67. The third kappa shape index (κ3) is 1.66. The van der Waals surface area contributed by atoms with Crippen molar-refractivity contribution in [3.8, 4) is 0 Å². The van der Waals surface area contributed by atoms with Crippen LogP contribution in [0.25, 0.3) is 16.6 Å². The van der Waals surface area contributed by atoms with Gasteiger partial charge in [-0.25, -0.2) is 4.98 Å². The first-order valence-electron chi connectivity index (χ1n) is 7.21. The second-order valence-corrected chi connectivity index (χ2v) is 5.73. The van der Waals surface area contributed by atoms with E-state index < -0.39 is 6.92 Å². The first-order valence-corrected chi connectivity index (χ1v) is 7.21. The smallest absolute Gasteiger partial charge is 0.353 e. The Morgan fingerprint density at radius 1 is 1.26 bits per heavy atom. The minimum Gasteiger partial charge on any atom is -0.443 e. The van der Waals surface area contributed by atoms with Gasteiger partial charge in [0.2, 0.25) is 0 Å². The number of pyridine rings is 1. The Hall–Kier alpha value is -1.55. The number of aromatic amines is 1. The topological polar surface area (TPSA) is 48.9 Å². The maximum atomic E-state index is 10.3. The summed E-state index contributed by atoms with van der Waals surface area (Å²) in [6, 6.07) is 2.08. The predicted molar refractivity (Wildman–Crippen MR) is 78.3 cm³/mol. The van der Waals surface area contributed by atoms with Gasteiger partial charge in [0.05, 0.1) is 0 Å². The number of H-pyrrole nitrogens is 1. The van der Waals surface area contributed by atoms with E-state index in [1.807, 2.05) is 12.4 Å². The highest BCUT2D eigenvalue weighted by Crippen LogP contribution is 2.39. The van der Waals surface area contributed by atoms with E-state index in [1.54, 1.807) is 0 Å². The fraction of sp³-hybridized carbons (Fsp3) is 0.400. The molecular formula is C15H17BN2O. The van der Waals surface area contributed by atoms with Gasteiger partial charge in [-0.3, -0.25) is 0 Å². The zero-order chi connectivity index (χ0) is 12.8. The summed E-state index contributed by atoms with van der Waals surface area (Å²) in [6.07, 6.45) is 10.3. The van der Waals surface area contributed by atoms with Crippen LogP contribution in [0.3, 0.4) is 0 Å². The molecule has 2 aromatic heterocycles. The zero-order valence-corrected chi connectivity index (χ0v) is 10.9. The summed E-state index contributed by atoms with van der Waals surface area (Å²) in [6.45, 7) is -0.473. The molecule has 3 nitrogen and oxygen atoms in total. The summed E-state index contributed by atoms with van der Waals surface area (Å²) in [5.41, 5.74) is 4.50. The number of hydrogen-bond donors (Lipinski definition) is 2. The van der Waals surface area contributed by atoms with Crippen LogP contribution in [0.4, 0.5) is 0 Å². The average molecular weight is 252 g/mol. The van der Waals surface area contributed by atoms with Crippen LogP contribution in [0.15, 0.2) is 24.4 Å². The number of aromatic nitrogens is 2. The van der Waals surface area contributed by atoms with E-state index in [-0.39, 0.29) is 0 Å². The van der Waals surface area contributed by atoms with Gasteiger partial charge >= 0.3 is 6.92 Å². The van der Waals surface area contributed by atoms with Gasteiger partial charge in [-0.15, -0.1) is 0 Å². The first kappa shape index (κ1) is 11.3. The maximum Gasteiger partial charge on any atom is 0.353 e. The third-order valence-corrected chi connectivity index (χ3v) is 4.61. The van der Waals surface area contributed by atoms with Crippen LogP contribution in [-0.2, 0) is 0 Å². The van der Waals surface area contributed by atoms with Gasteiger partial charge in [0.15, 0.2) is 0 Å². The van der Waals surface area contributed by atoms with Gasteiger partial charge in [-0.2, -0.15) is 0 Å². The second-order valence-electron chi connectivity index (χ2n) is 5.73. The Morgan fingerprint density at radius 2 is 2.11 bits per heavy atom. The Labute approximate surface area is 112 Å². The molecule has 1 fully saturated rings. The lowest BCUT2D eigenvalue weighted by atomic mass is 9.65. The number of fused-ring (bicyclic) bond motifs is 3. The molecule has 2 aliphatic rings. The highest BCUT2D eigenvalue weighted by Gasteiger charge is 2.32. The average Bonchev–Trinajstić information content (AvgIpc) is 3.04. The van der Waals surface area contributed by atoms with E-state index in [2.05, 4.69) is 22.0 Å². The number of hydrogen-bond acceptors (Lipinski definition) is 2. The van der Waals surface area contributed by atoms with E-state index in [0.717, 1.165) is 16.5 Å². The monoisotopic (exact) mass is 252 g/mol. The summed E-state index contributed by atoms with van der Waals surface area (Å²) in [5.74, 6) is 2.67. The Kier molecular flexibility index (Phi) is 2.52. The Morgan fingerprint density at radius 3 is 2.95 bits per heavy atom. The number of nitrogens with zero attached hydrogens (tertiary/aromatic N) is 1. The van der Waals surface area contributed by atoms with E-state index >= 15 is 0 Å². The lowest BCUT2D eigenvalue weighted by Gasteiger charge is -2.24. The minimum atomic E-state index is -0.473. The molecule has 0 unspecified atom stereocenters. The van der Waals surface area contributed by atoms with Crippen molar-refractivity contribution >= 4 is 29.0 Å². The molecule has 4 rings (SSSR count). The number of nitrogens with one attached hydrogen (secondary N) is 1. The van der Waals surface area contributed by atoms with Crippen molar-refractivity contribution in [2.45, 2.75) is 32.1 Å². The molecule has 0 bridgehead atoms. The lowest BCUT2D eigenvalue weighted by Crippen LogP contribution is -2.27. The van der Waals surface area contributed by atoms with Gasteiger partial charge < -0.3 is 10.0 Å². The molecule has 1 aliphatic heterocycles. The van der Waals surface area contributed by atoms with Crippen molar-refractivity contribution < 1.29 is 5.02 Å². The molecule has 0 spiro atoms. The number of allylic oxidation sites excluding steroid dienone is 1. The summed E-state index contributed by atoms with van der Waals surface area (Å²) in [7, 11) is 0. The lowest BCUT2D eigenvalue weighted by molar-refractivity contribution is 0.430. The van der Waals surface area contributed by atoms with Gasteiger partial charge in [-0.05, 0) is 41.4 Å². The van der Waals surface area contributed by atoms with E-state index in [9.17, 15) is 5.02 Å². The normalized spacial score (nSPS) is 19.8. The second kappa shape index (κ2) is 4.24. The zero-order valence-electron chi connectivity index (χ0n) is 10.9. The molecule has 2 N–H and O–H groups in total. The van der Waals surface area contributed by atoms with E-state index in [4.69, 9.17) is 0 Å². The molecular weight excluding hydrogens is 235 g/mol. The molecule has 0 aromatic carbocycles. The fourth-order valence-corrected chi connectivity index (χ4v) is 3.67. The maximum absolute atomic E-state index is 10.3. The molecule has 2 aromatic rings. The minimum absolute atomic E-state index is 0.473. The molecule has 1 aliphatic carbocycles. The quantitative estimate of drug-likeness (QED) is 0.765. The molecule has 0 amide bonds. The van der Waals surface area contributed by atoms with Crippen LogP contribution in [0.2, 0.25) is 0 Å². The van der Waals surface area contributed by atoms with Crippen LogP contribution in [0, 0.1) is 5.92 Å². The predicted octanol–water partition coefficient (Wildman–Crippen LogP) is 2.27. The summed E-state index contributed by atoms with van der Waals surface area (Å²) in [4.78, 5) is 7.56. The molecule has 1 saturated carbocycles. The van der Waals surface area contributed by atoms with Crippen molar-refractivity contribution in [1.29, 1.82) is 0 Å². The highest BCUT2D eigenvalue weighted by atomic mass is 16.2. The molecule has 0 atom stereocenters. The van der Waals surface area contributed by atoms with Gasteiger partial charge in [0.1, 0.15) is 5.65 Å². The van der Waals surface area contributed by atoms with E-state index in [1.165, 1.54) is 43.2 Å². The molecule has 4 heteroatoms. The van der Waals surface area contributed by atoms with Crippen LogP contribution in [-0.4, -0.2) is 21.9 Å². The van der Waals surface area contributed by atoms with Crippen LogP contribution in [0.1, 0.15) is 37.7 Å². The van der Waals surface area contributed by atoms with Crippen molar-refractivity contribution in [1.82, 2.24) is 9.97 Å². The SMILES string of the molecule is OB1C=C(C2CCCCC2)c2c1cnc1[nH]ccc21. The first-order chi connectivity index (χ1) is 9.34. The Balaban J connectivity index is 1.87. The molecule has 0 saturated heterocycles. The van der Waals surface area contributed by atoms with E-state index in [0.29, 0.717) is 5.92 Å². The summed E-state index contributed by atoms with van der Waals surface area (Å²) < 4.78 is 0. The molecule has 96 valence electrons. The van der Waals surface area contributed by atoms with Gasteiger partial charge in [-0.1, -0.05) is 25.2 Å². The standard InChI is InChI=1S/C15H17BN2O/c19-16-8-12(10-4-2-1-3-5-10)14-11-6-7-17-15(11)18-9-13(14)16/h6-10,19H,1-5H2,(H,17,18). The summed E-state index contributed by atoms with van der Waals surface area (Å²) >= 11 is 0. The molecule has 0 radical (unpaired) electrons. The van der Waals surface area contributed by atoms with Crippen LogP contribution in [0.5, 0.6) is 0 Å². The highest BCUT2D eigenvalue weighted by molar-refractivity contribution is 6.75. The van der Waals surface area contributed by atoms with Gasteiger partial charge in [0.25, 0.3) is 0 Å². The van der Waals surface area contributed by atoms with Crippen molar-refractivity contribution in [2.75, 3.05) is 0 Å².